The quantitative estimate of drug-likeness (QED) is 0.575. The van der Waals surface area contributed by atoms with Crippen molar-refractivity contribution in [2.45, 2.75) is 18.3 Å². The first-order valence-electron chi connectivity index (χ1n) is 7.34. The number of hydrogen-bond acceptors (Lipinski definition) is 6. The maximum Gasteiger partial charge on any atom is 0.461 e. The predicted molar refractivity (Wildman–Crippen MR) is 75.8 cm³/mol. The second-order valence-electron chi connectivity index (χ2n) is 5.45. The summed E-state index contributed by atoms with van der Waals surface area (Å²) in [6, 6.07) is 4.12. The van der Waals surface area contributed by atoms with Crippen LogP contribution in [-0.2, 0) is 19.1 Å². The summed E-state index contributed by atoms with van der Waals surface area (Å²) in [4.78, 5) is 6.73. The normalized spacial score (nSPS) is 13.0. The van der Waals surface area contributed by atoms with Crippen LogP contribution in [0.2, 0.25) is 0 Å². The number of alkyl halides is 8. The molecule has 0 unspecified atom stereocenters. The molecule has 7 nitrogen and oxygen atoms in total. The first kappa shape index (κ1) is 20.5. The zero-order valence-electron chi connectivity index (χ0n) is 13.9. The van der Waals surface area contributed by atoms with E-state index in [1.54, 1.807) is 0 Å². The Kier molecular flexibility index (Phi) is 4.71. The van der Waals surface area contributed by atoms with Gasteiger partial charge in [0.25, 0.3) is 11.7 Å². The maximum absolute atomic E-state index is 13.2. The zero-order chi connectivity index (χ0) is 21.6. The fourth-order valence-corrected chi connectivity index (χ4v) is 1.96. The van der Waals surface area contributed by atoms with Gasteiger partial charge in [0.1, 0.15) is 5.69 Å². The van der Waals surface area contributed by atoms with Crippen LogP contribution in [0.25, 0.3) is 11.6 Å². The number of pyridine rings is 1. The van der Waals surface area contributed by atoms with Crippen molar-refractivity contribution in [2.75, 3.05) is 0 Å². The number of rotatable bonds is 4. The van der Waals surface area contributed by atoms with Crippen LogP contribution in [0.3, 0.4) is 0 Å². The zero-order valence-corrected chi connectivity index (χ0v) is 13.9. The molecule has 0 saturated carbocycles. The summed E-state index contributed by atoms with van der Waals surface area (Å²) in [5.41, 5.74) is -1.58. The van der Waals surface area contributed by atoms with Crippen LogP contribution in [0.5, 0.6) is 11.8 Å². The molecular weight excluding hydrogens is 422 g/mol. The van der Waals surface area contributed by atoms with E-state index in [0.717, 1.165) is 17.8 Å². The van der Waals surface area contributed by atoms with E-state index < -0.39 is 35.7 Å². The van der Waals surface area contributed by atoms with E-state index in [0.29, 0.717) is 6.07 Å². The molecule has 0 amide bonds. The van der Waals surface area contributed by atoms with E-state index in [4.69, 9.17) is 4.74 Å². The van der Waals surface area contributed by atoms with Crippen LogP contribution < -0.4 is 4.74 Å². The van der Waals surface area contributed by atoms with Gasteiger partial charge in [0, 0.05) is 19.2 Å². The van der Waals surface area contributed by atoms with Gasteiger partial charge in [-0.1, -0.05) is 11.2 Å². The van der Waals surface area contributed by atoms with Gasteiger partial charge in [-0.25, -0.2) is 9.67 Å². The minimum absolute atomic E-state index is 0.332. The molecule has 3 heterocycles. The van der Waals surface area contributed by atoms with Crippen LogP contribution in [0.1, 0.15) is 11.5 Å². The molecule has 0 aliphatic carbocycles. The first-order valence-corrected chi connectivity index (χ1v) is 7.34. The molecule has 3 aromatic rings. The van der Waals surface area contributed by atoms with E-state index in [-0.39, 0.29) is 17.5 Å². The van der Waals surface area contributed by atoms with Crippen molar-refractivity contribution in [3.05, 3.63) is 35.8 Å². The Morgan fingerprint density at radius 3 is 2.28 bits per heavy atom. The molecule has 0 spiro atoms. The molecule has 0 atom stereocenters. The molecule has 15 heteroatoms. The Bertz CT molecular complexity index is 1020. The fourth-order valence-electron chi connectivity index (χ4n) is 1.96. The molecule has 0 bridgehead atoms. The highest BCUT2D eigenvalue weighted by molar-refractivity contribution is 5.47. The molecular formula is C14H7F8N5O2. The lowest BCUT2D eigenvalue weighted by molar-refractivity contribution is -0.293. The third-order valence-corrected chi connectivity index (χ3v) is 3.34. The van der Waals surface area contributed by atoms with Gasteiger partial charge >= 0.3 is 18.3 Å². The summed E-state index contributed by atoms with van der Waals surface area (Å²) >= 11 is 0. The number of hydrogen-bond donors (Lipinski definition) is 0. The highest BCUT2D eigenvalue weighted by atomic mass is 19.4. The van der Waals surface area contributed by atoms with E-state index in [1.807, 2.05) is 0 Å². The Morgan fingerprint density at radius 1 is 1.00 bits per heavy atom. The van der Waals surface area contributed by atoms with Crippen molar-refractivity contribution < 1.29 is 44.4 Å². The monoisotopic (exact) mass is 429 g/mol. The highest BCUT2D eigenvalue weighted by Crippen LogP contribution is 2.42. The Hall–Kier alpha value is -3.26. The summed E-state index contributed by atoms with van der Waals surface area (Å²) in [7, 11) is 1.16. The Morgan fingerprint density at radius 2 is 1.69 bits per heavy atom. The number of aryl methyl sites for hydroxylation is 1. The molecule has 0 fully saturated rings. The van der Waals surface area contributed by atoms with E-state index in [1.165, 1.54) is 12.1 Å². The first-order chi connectivity index (χ1) is 13.3. The lowest BCUT2D eigenvalue weighted by Crippen LogP contribution is -2.34. The third kappa shape index (κ3) is 3.97. The lowest BCUT2D eigenvalue weighted by atomic mass is 10.3. The van der Waals surface area contributed by atoms with E-state index in [9.17, 15) is 35.1 Å². The minimum Gasteiger partial charge on any atom is -0.421 e. The molecule has 3 rings (SSSR count). The summed E-state index contributed by atoms with van der Waals surface area (Å²) in [6.45, 7) is 0. The van der Waals surface area contributed by atoms with Crippen LogP contribution in [-0.4, -0.2) is 31.1 Å². The smallest absolute Gasteiger partial charge is 0.421 e. The number of halogens is 8. The summed E-state index contributed by atoms with van der Waals surface area (Å²) in [5.74, 6) is -8.76. The van der Waals surface area contributed by atoms with Crippen LogP contribution >= 0.6 is 0 Å². The highest BCUT2D eigenvalue weighted by Gasteiger charge is 2.62. The van der Waals surface area contributed by atoms with Gasteiger partial charge < -0.3 is 9.26 Å². The van der Waals surface area contributed by atoms with Crippen molar-refractivity contribution in [3.8, 4) is 23.3 Å². The Labute approximate surface area is 154 Å². The average molecular weight is 429 g/mol. The molecule has 0 aromatic carbocycles. The Balaban J connectivity index is 1.87. The summed E-state index contributed by atoms with van der Waals surface area (Å²) in [6.07, 6.45) is -10.7. The predicted octanol–water partition coefficient (Wildman–Crippen LogP) is 4.33. The van der Waals surface area contributed by atoms with Crippen molar-refractivity contribution in [1.82, 2.24) is 24.9 Å². The second kappa shape index (κ2) is 6.66. The van der Waals surface area contributed by atoms with Crippen molar-refractivity contribution >= 4 is 0 Å². The van der Waals surface area contributed by atoms with E-state index >= 15 is 0 Å². The molecule has 0 aliphatic heterocycles. The van der Waals surface area contributed by atoms with E-state index in [2.05, 4.69) is 24.7 Å². The fraction of sp³-hybridized carbons (Fsp3) is 0.286. The summed E-state index contributed by atoms with van der Waals surface area (Å²) < 4.78 is 112. The van der Waals surface area contributed by atoms with Gasteiger partial charge in [-0.3, -0.25) is 0 Å². The molecule has 0 aliphatic rings. The van der Waals surface area contributed by atoms with Crippen molar-refractivity contribution in [1.29, 1.82) is 0 Å². The largest absolute Gasteiger partial charge is 0.461 e. The van der Waals surface area contributed by atoms with Gasteiger partial charge in [-0.2, -0.15) is 45.2 Å². The van der Waals surface area contributed by atoms with Crippen LogP contribution in [0.15, 0.2) is 28.8 Å². The molecule has 0 N–H and O–H groups in total. The molecule has 0 saturated heterocycles. The number of nitrogens with zero attached hydrogens (tertiary/aromatic N) is 5. The van der Waals surface area contributed by atoms with Crippen LogP contribution in [0, 0.1) is 0 Å². The second-order valence-corrected chi connectivity index (χ2v) is 5.45. The third-order valence-electron chi connectivity index (χ3n) is 3.34. The molecule has 3 aromatic heterocycles. The minimum atomic E-state index is -5.94. The lowest BCUT2D eigenvalue weighted by Gasteiger charge is -2.14. The molecule has 156 valence electrons. The number of aromatic nitrogens is 5. The van der Waals surface area contributed by atoms with Crippen molar-refractivity contribution in [2.24, 2.45) is 7.05 Å². The number of ether oxygens (including phenoxy) is 1. The summed E-state index contributed by atoms with van der Waals surface area (Å²) in [5, 5.41) is 5.83. The van der Waals surface area contributed by atoms with Crippen LogP contribution in [0.4, 0.5) is 35.1 Å². The standard InChI is InChI=1S/C14H7F8N5O2/c1-27-9(5-7(25-27)13(17,18)19)28-8-4-2-3-6(23-8)10-24-11(26-29-10)12(15,16)14(20,21)22/h2-5H,1H3. The molecule has 29 heavy (non-hydrogen) atoms. The topological polar surface area (TPSA) is 78.9 Å². The van der Waals surface area contributed by atoms with Crippen molar-refractivity contribution in [3.63, 3.8) is 0 Å². The SMILES string of the molecule is Cn1nc(C(F)(F)F)cc1Oc1cccc(-c2nc(C(F)(F)C(F)(F)F)no2)n1. The average Bonchev–Trinajstić information content (AvgIpc) is 3.22. The maximum atomic E-state index is 13.2. The van der Waals surface area contributed by atoms with Gasteiger partial charge in [0.15, 0.2) is 5.69 Å². The molecule has 0 radical (unpaired) electrons. The van der Waals surface area contributed by atoms with Gasteiger partial charge in [-0.15, -0.1) is 0 Å². The van der Waals surface area contributed by atoms with Gasteiger partial charge in [-0.05, 0) is 6.07 Å². The van der Waals surface area contributed by atoms with Gasteiger partial charge in [0.2, 0.25) is 11.8 Å². The van der Waals surface area contributed by atoms with Gasteiger partial charge in [0.05, 0.1) is 0 Å².